The molecule has 1 aromatic carbocycles. The van der Waals surface area contributed by atoms with E-state index < -0.39 is 6.09 Å². The standard InChI is InChI=1S/C22H32N2O2/c1-20(2,3)18-17-9-16-10-21(12-17,24-19(25)26)14-22(18,11-16)23-13-15-7-5-4-6-8-15/h4-8,16-18,23-24H,9-14H2,1-3H3,(H,25,26). The lowest BCUT2D eigenvalue weighted by Crippen LogP contribution is -2.74. The van der Waals surface area contributed by atoms with Crippen molar-refractivity contribution in [2.75, 3.05) is 0 Å². The number of nitrogens with one attached hydrogen (secondary N) is 2. The maximum Gasteiger partial charge on any atom is 0.405 e. The highest BCUT2D eigenvalue weighted by Crippen LogP contribution is 2.63. The molecule has 4 saturated carbocycles. The lowest BCUT2D eigenvalue weighted by molar-refractivity contribution is -0.132. The topological polar surface area (TPSA) is 61.4 Å². The predicted octanol–water partition coefficient (Wildman–Crippen LogP) is 4.41. The molecule has 5 rings (SSSR count). The zero-order valence-electron chi connectivity index (χ0n) is 16.2. The van der Waals surface area contributed by atoms with Gasteiger partial charge in [0, 0.05) is 17.6 Å². The average molecular weight is 357 g/mol. The van der Waals surface area contributed by atoms with Crippen molar-refractivity contribution in [3.8, 4) is 0 Å². The van der Waals surface area contributed by atoms with Gasteiger partial charge in [0.15, 0.2) is 0 Å². The van der Waals surface area contributed by atoms with Crippen LogP contribution in [-0.4, -0.2) is 22.3 Å². The molecule has 142 valence electrons. The van der Waals surface area contributed by atoms with Crippen LogP contribution in [-0.2, 0) is 6.54 Å². The van der Waals surface area contributed by atoms with Crippen LogP contribution in [0, 0.1) is 23.2 Å². The van der Waals surface area contributed by atoms with Crippen molar-refractivity contribution in [3.05, 3.63) is 35.9 Å². The minimum Gasteiger partial charge on any atom is -0.465 e. The third-order valence-electron chi connectivity index (χ3n) is 7.13. The van der Waals surface area contributed by atoms with Gasteiger partial charge in [-0.2, -0.15) is 0 Å². The Morgan fingerprint density at radius 2 is 1.92 bits per heavy atom. The van der Waals surface area contributed by atoms with Crippen LogP contribution in [0.15, 0.2) is 30.3 Å². The maximum absolute atomic E-state index is 11.5. The Morgan fingerprint density at radius 3 is 2.58 bits per heavy atom. The van der Waals surface area contributed by atoms with Crippen molar-refractivity contribution >= 4 is 6.09 Å². The fraction of sp³-hybridized carbons (Fsp3) is 0.682. The van der Waals surface area contributed by atoms with Crippen LogP contribution in [0.4, 0.5) is 4.79 Å². The molecule has 4 bridgehead atoms. The molecule has 1 amide bonds. The van der Waals surface area contributed by atoms with E-state index in [0.29, 0.717) is 17.8 Å². The fourth-order valence-corrected chi connectivity index (χ4v) is 7.19. The normalized spacial score (nSPS) is 38.3. The van der Waals surface area contributed by atoms with Gasteiger partial charge in [0.05, 0.1) is 0 Å². The first-order valence-corrected chi connectivity index (χ1v) is 10.0. The van der Waals surface area contributed by atoms with Crippen LogP contribution in [0.3, 0.4) is 0 Å². The average Bonchev–Trinajstić information content (AvgIpc) is 2.50. The van der Waals surface area contributed by atoms with Gasteiger partial charge >= 0.3 is 6.09 Å². The summed E-state index contributed by atoms with van der Waals surface area (Å²) in [5.41, 5.74) is 1.31. The van der Waals surface area contributed by atoms with Crippen LogP contribution in [0.5, 0.6) is 0 Å². The molecular weight excluding hydrogens is 324 g/mol. The first-order chi connectivity index (χ1) is 12.2. The van der Waals surface area contributed by atoms with Crippen molar-refractivity contribution in [1.82, 2.24) is 10.6 Å². The maximum atomic E-state index is 11.5. The van der Waals surface area contributed by atoms with E-state index >= 15 is 0 Å². The molecule has 0 radical (unpaired) electrons. The van der Waals surface area contributed by atoms with Crippen LogP contribution < -0.4 is 10.6 Å². The Morgan fingerprint density at radius 1 is 1.19 bits per heavy atom. The van der Waals surface area contributed by atoms with Gasteiger partial charge in [-0.15, -0.1) is 0 Å². The van der Waals surface area contributed by atoms with Crippen molar-refractivity contribution < 1.29 is 9.90 Å². The number of carbonyl (C=O) groups is 1. The Bertz CT molecular complexity index is 683. The highest BCUT2D eigenvalue weighted by Gasteiger charge is 2.64. The van der Waals surface area contributed by atoms with E-state index in [2.05, 4.69) is 61.7 Å². The van der Waals surface area contributed by atoms with Crippen molar-refractivity contribution in [1.29, 1.82) is 0 Å². The molecule has 0 heterocycles. The summed E-state index contributed by atoms with van der Waals surface area (Å²) in [6.45, 7) is 7.95. The minimum absolute atomic E-state index is 0.0284. The van der Waals surface area contributed by atoms with Crippen molar-refractivity contribution in [3.63, 3.8) is 0 Å². The van der Waals surface area contributed by atoms with Gasteiger partial charge in [0.25, 0.3) is 0 Å². The number of amides is 1. The molecule has 0 spiro atoms. The molecule has 0 aliphatic heterocycles. The Kier molecular flexibility index (Phi) is 4.11. The van der Waals surface area contributed by atoms with Gasteiger partial charge in [0.2, 0.25) is 0 Å². The quantitative estimate of drug-likeness (QED) is 0.749. The third-order valence-corrected chi connectivity index (χ3v) is 7.13. The highest BCUT2D eigenvalue weighted by atomic mass is 16.4. The largest absolute Gasteiger partial charge is 0.465 e. The molecule has 4 aliphatic carbocycles. The third kappa shape index (κ3) is 3.02. The molecule has 26 heavy (non-hydrogen) atoms. The Hall–Kier alpha value is -1.55. The van der Waals surface area contributed by atoms with E-state index in [1.165, 1.54) is 18.4 Å². The van der Waals surface area contributed by atoms with Crippen molar-refractivity contribution in [2.45, 2.75) is 70.5 Å². The zero-order valence-corrected chi connectivity index (χ0v) is 16.2. The molecule has 4 fully saturated rings. The lowest BCUT2D eigenvalue weighted by atomic mass is 9.42. The molecule has 4 aliphatic rings. The predicted molar refractivity (Wildman–Crippen MR) is 103 cm³/mol. The lowest BCUT2D eigenvalue weighted by Gasteiger charge is -2.68. The highest BCUT2D eigenvalue weighted by molar-refractivity contribution is 5.66. The number of carboxylic acid groups (broad SMARTS) is 1. The first kappa shape index (κ1) is 17.8. The molecule has 4 nitrogen and oxygen atoms in total. The van der Waals surface area contributed by atoms with Gasteiger partial charge in [-0.05, 0) is 60.8 Å². The summed E-state index contributed by atoms with van der Waals surface area (Å²) in [6, 6.07) is 10.6. The molecule has 4 heteroatoms. The number of hydrogen-bond acceptors (Lipinski definition) is 2. The van der Waals surface area contributed by atoms with Gasteiger partial charge in [-0.25, -0.2) is 4.79 Å². The van der Waals surface area contributed by atoms with Crippen LogP contribution >= 0.6 is 0 Å². The second-order valence-electron chi connectivity index (χ2n) is 10.2. The first-order valence-electron chi connectivity index (χ1n) is 10.0. The molecule has 5 unspecified atom stereocenters. The van der Waals surface area contributed by atoms with Crippen LogP contribution in [0.2, 0.25) is 0 Å². The summed E-state index contributed by atoms with van der Waals surface area (Å²) < 4.78 is 0. The van der Waals surface area contributed by atoms with E-state index in [9.17, 15) is 9.90 Å². The molecule has 0 saturated heterocycles. The SMILES string of the molecule is CC(C)(C)C1C2CC3CC(NC(=O)O)(C2)CC1(NCc1ccccc1)C3. The summed E-state index contributed by atoms with van der Waals surface area (Å²) in [5.74, 6) is 1.82. The fourth-order valence-electron chi connectivity index (χ4n) is 7.19. The summed E-state index contributed by atoms with van der Waals surface area (Å²) >= 11 is 0. The summed E-state index contributed by atoms with van der Waals surface area (Å²) in [5, 5.41) is 16.4. The van der Waals surface area contributed by atoms with Gasteiger partial charge in [0.1, 0.15) is 0 Å². The molecule has 0 aromatic heterocycles. The van der Waals surface area contributed by atoms with Crippen LogP contribution in [0.25, 0.3) is 0 Å². The molecule has 3 N–H and O–H groups in total. The molecule has 1 aromatic rings. The van der Waals surface area contributed by atoms with Gasteiger partial charge < -0.3 is 15.7 Å². The van der Waals surface area contributed by atoms with Gasteiger partial charge in [-0.3, -0.25) is 0 Å². The van der Waals surface area contributed by atoms with Crippen molar-refractivity contribution in [2.24, 2.45) is 23.2 Å². The van der Waals surface area contributed by atoms with E-state index in [1.54, 1.807) is 0 Å². The summed E-state index contributed by atoms with van der Waals surface area (Å²) in [6.07, 6.45) is 4.53. The van der Waals surface area contributed by atoms with Crippen LogP contribution in [0.1, 0.15) is 58.4 Å². The van der Waals surface area contributed by atoms with Gasteiger partial charge in [-0.1, -0.05) is 51.1 Å². The Balaban J connectivity index is 1.66. The summed E-state index contributed by atoms with van der Waals surface area (Å²) in [4.78, 5) is 11.5. The monoisotopic (exact) mass is 356 g/mol. The second-order valence-corrected chi connectivity index (χ2v) is 10.2. The van der Waals surface area contributed by atoms with E-state index in [4.69, 9.17) is 0 Å². The van der Waals surface area contributed by atoms with E-state index in [1.807, 2.05) is 0 Å². The Labute approximate surface area is 156 Å². The van der Waals surface area contributed by atoms with E-state index in [-0.39, 0.29) is 16.5 Å². The zero-order chi connectivity index (χ0) is 18.6. The molecule has 5 atom stereocenters. The second kappa shape index (κ2) is 5.98. The molecular formula is C22H32N2O2. The smallest absolute Gasteiger partial charge is 0.405 e. The minimum atomic E-state index is -0.863. The van der Waals surface area contributed by atoms with E-state index in [0.717, 1.165) is 25.8 Å². The number of benzene rings is 1. The number of rotatable bonds is 4. The number of hydrogen-bond donors (Lipinski definition) is 3. The summed E-state index contributed by atoms with van der Waals surface area (Å²) in [7, 11) is 0.